The van der Waals surface area contributed by atoms with E-state index in [4.69, 9.17) is 0 Å². The molecule has 0 aliphatic heterocycles. The van der Waals surface area contributed by atoms with E-state index in [1.807, 2.05) is 39.0 Å². The molecule has 3 atom stereocenters. The first kappa shape index (κ1) is 18.2. The van der Waals surface area contributed by atoms with Crippen molar-refractivity contribution in [2.24, 2.45) is 11.8 Å². The Bertz CT molecular complexity index is 621. The van der Waals surface area contributed by atoms with Gasteiger partial charge in [0.15, 0.2) is 0 Å². The molecule has 0 saturated heterocycles. The van der Waals surface area contributed by atoms with Gasteiger partial charge in [-0.3, -0.25) is 9.59 Å². The smallest absolute Gasteiger partial charge is 0.307 e. The molecule has 0 fully saturated rings. The van der Waals surface area contributed by atoms with Crippen LogP contribution in [0.3, 0.4) is 0 Å². The number of carbonyl (C=O) groups excluding carboxylic acids is 1. The van der Waals surface area contributed by atoms with Crippen LogP contribution in [0.15, 0.2) is 41.5 Å². The number of rotatable bonds is 6. The lowest BCUT2D eigenvalue weighted by Gasteiger charge is -2.30. The number of hydrogen-bond donors (Lipinski definition) is 2. The highest BCUT2D eigenvalue weighted by Gasteiger charge is 2.37. The zero-order valence-corrected chi connectivity index (χ0v) is 14.7. The summed E-state index contributed by atoms with van der Waals surface area (Å²) in [6.45, 7) is 5.93. The van der Waals surface area contributed by atoms with Crippen molar-refractivity contribution < 1.29 is 14.7 Å². The normalized spacial score (nSPS) is 22.1. The van der Waals surface area contributed by atoms with Crippen molar-refractivity contribution in [3.8, 4) is 0 Å². The predicted octanol–water partition coefficient (Wildman–Crippen LogP) is 3.57. The van der Waals surface area contributed by atoms with Crippen molar-refractivity contribution in [3.05, 3.63) is 47.0 Å². The molecule has 1 aliphatic rings. The molecule has 1 aromatic rings. The van der Waals surface area contributed by atoms with Gasteiger partial charge in [-0.15, -0.1) is 0 Å². The van der Waals surface area contributed by atoms with E-state index < -0.39 is 17.8 Å². The van der Waals surface area contributed by atoms with Gasteiger partial charge in [-0.05, 0) is 52.0 Å². The number of carbonyl (C=O) groups is 2. The molecule has 1 aliphatic carbocycles. The van der Waals surface area contributed by atoms with E-state index in [-0.39, 0.29) is 11.9 Å². The van der Waals surface area contributed by atoms with Crippen molar-refractivity contribution >= 4 is 11.9 Å². The first-order valence-corrected chi connectivity index (χ1v) is 8.60. The van der Waals surface area contributed by atoms with Crippen LogP contribution in [-0.4, -0.2) is 23.0 Å². The Kier molecular flexibility index (Phi) is 6.18. The number of hydrogen-bond acceptors (Lipinski definition) is 2. The summed E-state index contributed by atoms with van der Waals surface area (Å²) in [5.41, 5.74) is 3.49. The van der Waals surface area contributed by atoms with E-state index >= 15 is 0 Å². The molecule has 0 unspecified atom stereocenters. The van der Waals surface area contributed by atoms with Crippen LogP contribution >= 0.6 is 0 Å². The van der Waals surface area contributed by atoms with Crippen LogP contribution in [0.5, 0.6) is 0 Å². The maximum absolute atomic E-state index is 12.6. The second-order valence-corrected chi connectivity index (χ2v) is 6.95. The number of allylic oxidation sites excluding steroid dienone is 2. The highest BCUT2D eigenvalue weighted by Crippen LogP contribution is 2.34. The number of aliphatic carboxylic acids is 1. The van der Waals surface area contributed by atoms with Crippen LogP contribution in [-0.2, 0) is 16.0 Å². The van der Waals surface area contributed by atoms with Gasteiger partial charge < -0.3 is 10.4 Å². The minimum absolute atomic E-state index is 0.0273. The molecule has 130 valence electrons. The second-order valence-electron chi connectivity index (χ2n) is 6.95. The van der Waals surface area contributed by atoms with Gasteiger partial charge in [-0.2, -0.15) is 0 Å². The summed E-state index contributed by atoms with van der Waals surface area (Å²) in [7, 11) is 0. The fourth-order valence-electron chi connectivity index (χ4n) is 3.28. The quantitative estimate of drug-likeness (QED) is 0.784. The molecule has 0 spiro atoms. The van der Waals surface area contributed by atoms with Crippen LogP contribution in [0, 0.1) is 11.8 Å². The van der Waals surface area contributed by atoms with Gasteiger partial charge in [0.25, 0.3) is 0 Å². The molecule has 24 heavy (non-hydrogen) atoms. The molecule has 2 N–H and O–H groups in total. The number of nitrogens with one attached hydrogen (secondary N) is 1. The first-order valence-electron chi connectivity index (χ1n) is 8.60. The number of carboxylic acids is 1. The number of benzene rings is 1. The lowest BCUT2D eigenvalue weighted by Crippen LogP contribution is -2.43. The number of carboxylic acid groups (broad SMARTS) is 1. The van der Waals surface area contributed by atoms with Crippen LogP contribution in [0.2, 0.25) is 0 Å². The van der Waals surface area contributed by atoms with Crippen molar-refractivity contribution in [1.82, 2.24) is 5.32 Å². The molecule has 1 amide bonds. The fraction of sp³-hybridized carbons (Fsp3) is 0.500. The predicted molar refractivity (Wildman–Crippen MR) is 94.6 cm³/mol. The first-order chi connectivity index (χ1) is 11.4. The van der Waals surface area contributed by atoms with Gasteiger partial charge in [0.1, 0.15) is 0 Å². The Labute approximate surface area is 144 Å². The molecule has 0 bridgehead atoms. The van der Waals surface area contributed by atoms with Crippen molar-refractivity contribution in [2.45, 2.75) is 52.5 Å². The third kappa shape index (κ3) is 4.70. The van der Waals surface area contributed by atoms with E-state index in [1.165, 1.54) is 5.56 Å². The molecule has 0 aromatic heterocycles. The summed E-state index contributed by atoms with van der Waals surface area (Å²) in [6, 6.07) is 10.2. The third-order valence-electron chi connectivity index (χ3n) is 5.02. The highest BCUT2D eigenvalue weighted by molar-refractivity contribution is 5.85. The van der Waals surface area contributed by atoms with Gasteiger partial charge in [0, 0.05) is 6.04 Å². The summed E-state index contributed by atoms with van der Waals surface area (Å²) in [4.78, 5) is 24.1. The van der Waals surface area contributed by atoms with E-state index in [0.717, 1.165) is 24.0 Å². The topological polar surface area (TPSA) is 66.4 Å². The monoisotopic (exact) mass is 329 g/mol. The Morgan fingerprint density at radius 3 is 2.29 bits per heavy atom. The van der Waals surface area contributed by atoms with Crippen molar-refractivity contribution in [1.29, 1.82) is 0 Å². The van der Waals surface area contributed by atoms with Crippen LogP contribution in [0.4, 0.5) is 0 Å². The molecule has 4 heteroatoms. The number of aryl methyl sites for hydroxylation is 1. The van der Waals surface area contributed by atoms with Gasteiger partial charge in [-0.1, -0.05) is 41.5 Å². The van der Waals surface area contributed by atoms with E-state index in [0.29, 0.717) is 12.8 Å². The molecule has 0 heterocycles. The Balaban J connectivity index is 1.93. The Morgan fingerprint density at radius 2 is 1.71 bits per heavy atom. The fourth-order valence-corrected chi connectivity index (χ4v) is 3.28. The van der Waals surface area contributed by atoms with Crippen LogP contribution < -0.4 is 5.32 Å². The molecule has 1 aromatic carbocycles. The Hall–Kier alpha value is -2.10. The van der Waals surface area contributed by atoms with Crippen LogP contribution in [0.1, 0.15) is 45.6 Å². The maximum Gasteiger partial charge on any atom is 0.307 e. The molecular formula is C20H27NO3. The number of amides is 1. The van der Waals surface area contributed by atoms with Crippen molar-refractivity contribution in [2.75, 3.05) is 0 Å². The van der Waals surface area contributed by atoms with E-state index in [2.05, 4.69) is 17.4 Å². The third-order valence-corrected chi connectivity index (χ3v) is 5.02. The van der Waals surface area contributed by atoms with Gasteiger partial charge in [0.05, 0.1) is 11.8 Å². The molecule has 2 rings (SSSR count). The molecule has 0 radical (unpaired) electrons. The lowest BCUT2D eigenvalue weighted by molar-refractivity contribution is -0.147. The summed E-state index contributed by atoms with van der Waals surface area (Å²) in [5, 5.41) is 12.5. The largest absolute Gasteiger partial charge is 0.481 e. The van der Waals surface area contributed by atoms with Gasteiger partial charge in [0.2, 0.25) is 5.91 Å². The second kappa shape index (κ2) is 8.13. The summed E-state index contributed by atoms with van der Waals surface area (Å²) in [5.74, 6) is -2.09. The zero-order chi connectivity index (χ0) is 17.7. The summed E-state index contributed by atoms with van der Waals surface area (Å²) in [6.07, 6.45) is 2.75. The zero-order valence-electron chi connectivity index (χ0n) is 14.7. The standard InChI is InChI=1S/C20H27NO3/c1-13-11-17(18(20(23)24)12-14(13)2)19(22)21-15(3)9-10-16-7-5-4-6-8-16/h4-8,15,17-18H,9-12H2,1-3H3,(H,21,22)(H,23,24)/t15-,17-,18-/m0/s1. The van der Waals surface area contributed by atoms with E-state index in [1.54, 1.807) is 0 Å². The van der Waals surface area contributed by atoms with Gasteiger partial charge in [-0.25, -0.2) is 0 Å². The highest BCUT2D eigenvalue weighted by atomic mass is 16.4. The molecular weight excluding hydrogens is 302 g/mol. The SMILES string of the molecule is CC1=C(C)C[C@H](C(=O)N[C@@H](C)CCc2ccccc2)[C@@H](C(=O)O)C1. The average molecular weight is 329 g/mol. The minimum atomic E-state index is -0.876. The van der Waals surface area contributed by atoms with Crippen molar-refractivity contribution in [3.63, 3.8) is 0 Å². The lowest BCUT2D eigenvalue weighted by atomic mass is 9.76. The average Bonchev–Trinajstić information content (AvgIpc) is 2.55. The molecule has 4 nitrogen and oxygen atoms in total. The van der Waals surface area contributed by atoms with Gasteiger partial charge >= 0.3 is 5.97 Å². The Morgan fingerprint density at radius 1 is 1.12 bits per heavy atom. The summed E-state index contributed by atoms with van der Waals surface area (Å²) >= 11 is 0. The minimum Gasteiger partial charge on any atom is -0.481 e. The maximum atomic E-state index is 12.6. The van der Waals surface area contributed by atoms with Crippen LogP contribution in [0.25, 0.3) is 0 Å². The summed E-state index contributed by atoms with van der Waals surface area (Å²) < 4.78 is 0. The van der Waals surface area contributed by atoms with E-state index in [9.17, 15) is 14.7 Å². The molecule has 0 saturated carbocycles.